The zero-order chi connectivity index (χ0) is 18.8. The van der Waals surface area contributed by atoms with Gasteiger partial charge in [0.25, 0.3) is 11.8 Å². The molecule has 0 aromatic heterocycles. The minimum Gasteiger partial charge on any atom is -0.267 e. The molecule has 0 fully saturated rings. The molecule has 0 aliphatic heterocycles. The number of nitrogens with one attached hydrogen (secondary N) is 1. The third kappa shape index (κ3) is 4.40. The first-order chi connectivity index (χ1) is 11.6. The molecule has 0 aliphatic carbocycles. The fourth-order valence-electron chi connectivity index (χ4n) is 2.43. The van der Waals surface area contributed by atoms with Crippen molar-refractivity contribution >= 4 is 23.4 Å². The highest BCUT2D eigenvalue weighted by molar-refractivity contribution is 6.31. The quantitative estimate of drug-likeness (QED) is 0.801. The Morgan fingerprint density at radius 1 is 1.04 bits per heavy atom. The summed E-state index contributed by atoms with van der Waals surface area (Å²) in [6.07, 6.45) is 0. The highest BCUT2D eigenvalue weighted by atomic mass is 35.5. The van der Waals surface area contributed by atoms with E-state index in [2.05, 4.69) is 5.43 Å². The topological polar surface area (TPSA) is 49.4 Å². The first-order valence-corrected chi connectivity index (χ1v) is 8.46. The van der Waals surface area contributed by atoms with Gasteiger partial charge >= 0.3 is 0 Å². The normalized spacial score (nSPS) is 11.1. The fraction of sp³-hybridized carbons (Fsp3) is 0.300. The molecule has 2 rings (SSSR count). The standard InChI is InChI=1S/C20H23ClN2O2/c1-13-8-6-11-17(14(13)2)18(24)22-23(20(3,4)5)19(25)15-9-7-10-16(21)12-15/h6-12H,1-5H3,(H,22,24). The second-order valence-electron chi connectivity index (χ2n) is 7.01. The minimum absolute atomic E-state index is 0.311. The number of amides is 2. The van der Waals surface area contributed by atoms with Crippen LogP contribution in [0.4, 0.5) is 0 Å². The van der Waals surface area contributed by atoms with Gasteiger partial charge in [-0.25, -0.2) is 5.01 Å². The monoisotopic (exact) mass is 358 g/mol. The molecule has 0 heterocycles. The molecule has 4 nitrogen and oxygen atoms in total. The van der Waals surface area contributed by atoms with Crippen molar-refractivity contribution in [2.75, 3.05) is 0 Å². The molecule has 0 saturated heterocycles. The van der Waals surface area contributed by atoms with Crippen LogP contribution in [-0.4, -0.2) is 22.4 Å². The molecule has 1 N–H and O–H groups in total. The van der Waals surface area contributed by atoms with Crippen LogP contribution < -0.4 is 5.43 Å². The lowest BCUT2D eigenvalue weighted by atomic mass is 10.0. The second kappa shape index (κ2) is 7.28. The molecule has 2 aromatic carbocycles. The van der Waals surface area contributed by atoms with E-state index in [9.17, 15) is 9.59 Å². The average molecular weight is 359 g/mol. The molecule has 5 heteroatoms. The Hall–Kier alpha value is -2.33. The summed E-state index contributed by atoms with van der Waals surface area (Å²) in [5.41, 5.74) is 5.04. The molecule has 0 spiro atoms. The minimum atomic E-state index is -0.604. The van der Waals surface area contributed by atoms with E-state index < -0.39 is 5.54 Å². The van der Waals surface area contributed by atoms with Crippen molar-refractivity contribution in [3.8, 4) is 0 Å². The molecule has 2 aromatic rings. The molecule has 2 amide bonds. The Labute approximate surface area is 153 Å². The SMILES string of the molecule is Cc1cccc(C(=O)NN(C(=O)c2cccc(Cl)c2)C(C)(C)C)c1C. The van der Waals surface area contributed by atoms with Crippen LogP contribution in [0, 0.1) is 13.8 Å². The number of hydrogen-bond acceptors (Lipinski definition) is 2. The van der Waals surface area contributed by atoms with Crippen LogP contribution in [0.3, 0.4) is 0 Å². The van der Waals surface area contributed by atoms with E-state index in [-0.39, 0.29) is 11.8 Å². The van der Waals surface area contributed by atoms with E-state index in [1.807, 2.05) is 46.8 Å². The molecule has 0 atom stereocenters. The number of aryl methyl sites for hydroxylation is 1. The Morgan fingerprint density at radius 3 is 2.28 bits per heavy atom. The van der Waals surface area contributed by atoms with Crippen molar-refractivity contribution in [1.29, 1.82) is 0 Å². The van der Waals surface area contributed by atoms with Crippen molar-refractivity contribution in [3.63, 3.8) is 0 Å². The summed E-state index contributed by atoms with van der Waals surface area (Å²) in [6, 6.07) is 12.2. The zero-order valence-corrected chi connectivity index (χ0v) is 15.9. The van der Waals surface area contributed by atoms with Crippen LogP contribution in [0.5, 0.6) is 0 Å². The van der Waals surface area contributed by atoms with Crippen LogP contribution in [0.15, 0.2) is 42.5 Å². The number of nitrogens with zero attached hydrogens (tertiary/aromatic N) is 1. The van der Waals surface area contributed by atoms with E-state index in [0.717, 1.165) is 11.1 Å². The van der Waals surface area contributed by atoms with Crippen molar-refractivity contribution < 1.29 is 9.59 Å². The highest BCUT2D eigenvalue weighted by Crippen LogP contribution is 2.19. The summed E-state index contributed by atoms with van der Waals surface area (Å²) in [5.74, 6) is -0.625. The molecule has 25 heavy (non-hydrogen) atoms. The van der Waals surface area contributed by atoms with Crippen molar-refractivity contribution in [2.45, 2.75) is 40.2 Å². The predicted molar refractivity (Wildman–Crippen MR) is 101 cm³/mol. The summed E-state index contributed by atoms with van der Waals surface area (Å²) < 4.78 is 0. The van der Waals surface area contributed by atoms with Crippen molar-refractivity contribution in [3.05, 3.63) is 69.7 Å². The number of hydrazine groups is 1. The van der Waals surface area contributed by atoms with Gasteiger partial charge in [-0.1, -0.05) is 29.8 Å². The van der Waals surface area contributed by atoms with Gasteiger partial charge in [-0.05, 0) is 70.0 Å². The number of halogens is 1. The van der Waals surface area contributed by atoms with Gasteiger partial charge in [0.1, 0.15) is 0 Å². The highest BCUT2D eigenvalue weighted by Gasteiger charge is 2.30. The van der Waals surface area contributed by atoms with Gasteiger partial charge in [-0.15, -0.1) is 0 Å². The summed E-state index contributed by atoms with van der Waals surface area (Å²) >= 11 is 5.99. The van der Waals surface area contributed by atoms with Crippen LogP contribution in [0.25, 0.3) is 0 Å². The van der Waals surface area contributed by atoms with Crippen LogP contribution in [0.2, 0.25) is 5.02 Å². The molecule has 0 radical (unpaired) electrons. The lowest BCUT2D eigenvalue weighted by molar-refractivity contribution is 0.0358. The maximum Gasteiger partial charge on any atom is 0.272 e. The van der Waals surface area contributed by atoms with E-state index in [0.29, 0.717) is 16.1 Å². The smallest absolute Gasteiger partial charge is 0.267 e. The number of rotatable bonds is 2. The van der Waals surface area contributed by atoms with Gasteiger partial charge in [0.05, 0.1) is 5.54 Å². The molecule has 132 valence electrons. The van der Waals surface area contributed by atoms with E-state index in [4.69, 9.17) is 11.6 Å². The van der Waals surface area contributed by atoms with Gasteiger partial charge < -0.3 is 0 Å². The van der Waals surface area contributed by atoms with Gasteiger partial charge in [0.15, 0.2) is 0 Å². The van der Waals surface area contributed by atoms with Gasteiger partial charge in [0, 0.05) is 16.1 Å². The van der Waals surface area contributed by atoms with Crippen LogP contribution in [0.1, 0.15) is 52.6 Å². The number of carbonyl (C=O) groups is 2. The van der Waals surface area contributed by atoms with E-state index in [1.54, 1.807) is 30.3 Å². The number of hydrogen-bond donors (Lipinski definition) is 1. The van der Waals surface area contributed by atoms with Crippen molar-refractivity contribution in [2.24, 2.45) is 0 Å². The molecular weight excluding hydrogens is 336 g/mol. The summed E-state index contributed by atoms with van der Waals surface area (Å²) in [4.78, 5) is 25.7. The van der Waals surface area contributed by atoms with Gasteiger partial charge in [0.2, 0.25) is 0 Å². The fourth-order valence-corrected chi connectivity index (χ4v) is 2.62. The lowest BCUT2D eigenvalue weighted by Gasteiger charge is -2.35. The number of carbonyl (C=O) groups excluding carboxylic acids is 2. The molecule has 0 unspecified atom stereocenters. The Morgan fingerprint density at radius 2 is 1.68 bits per heavy atom. The molecule has 0 bridgehead atoms. The largest absolute Gasteiger partial charge is 0.272 e. The summed E-state index contributed by atoms with van der Waals surface area (Å²) in [6.45, 7) is 9.42. The first-order valence-electron chi connectivity index (χ1n) is 8.08. The maximum absolute atomic E-state index is 12.9. The van der Waals surface area contributed by atoms with Gasteiger partial charge in [-0.2, -0.15) is 0 Å². The number of benzene rings is 2. The second-order valence-corrected chi connectivity index (χ2v) is 7.45. The average Bonchev–Trinajstić information content (AvgIpc) is 2.53. The summed E-state index contributed by atoms with van der Waals surface area (Å²) in [5, 5.41) is 1.82. The molecular formula is C20H23ClN2O2. The summed E-state index contributed by atoms with van der Waals surface area (Å²) in [7, 11) is 0. The van der Waals surface area contributed by atoms with Crippen LogP contribution in [-0.2, 0) is 0 Å². The maximum atomic E-state index is 12.9. The van der Waals surface area contributed by atoms with Crippen LogP contribution >= 0.6 is 11.6 Å². The van der Waals surface area contributed by atoms with Crippen molar-refractivity contribution in [1.82, 2.24) is 10.4 Å². The zero-order valence-electron chi connectivity index (χ0n) is 15.2. The molecule has 0 aliphatic rings. The first kappa shape index (κ1) is 19.0. The Kier molecular flexibility index (Phi) is 5.53. The van der Waals surface area contributed by atoms with Gasteiger partial charge in [-0.3, -0.25) is 15.0 Å². The van der Waals surface area contributed by atoms with E-state index in [1.165, 1.54) is 5.01 Å². The Bertz CT molecular complexity index is 810. The molecule has 0 saturated carbocycles. The predicted octanol–water partition coefficient (Wildman–Crippen LogP) is 4.54. The third-order valence-corrected chi connectivity index (χ3v) is 4.24. The third-order valence-electron chi connectivity index (χ3n) is 4.01. The lowest BCUT2D eigenvalue weighted by Crippen LogP contribution is -2.56. The van der Waals surface area contributed by atoms with E-state index >= 15 is 0 Å². The Balaban J connectivity index is 2.34.